The third-order valence-electron chi connectivity index (χ3n) is 2.89. The van der Waals surface area contributed by atoms with Crippen LogP contribution in [0.5, 0.6) is 5.75 Å². The van der Waals surface area contributed by atoms with Crippen molar-refractivity contribution < 1.29 is 9.63 Å². The highest BCUT2D eigenvalue weighted by atomic mass is 79.9. The second-order valence-electron chi connectivity index (χ2n) is 4.33. The number of benzene rings is 2. The molecule has 0 fully saturated rings. The van der Waals surface area contributed by atoms with Gasteiger partial charge >= 0.3 is 0 Å². The fourth-order valence-electron chi connectivity index (χ4n) is 1.86. The third-order valence-corrected chi connectivity index (χ3v) is 3.66. The topological polar surface area (TPSA) is 59.2 Å². The van der Waals surface area contributed by atoms with Crippen LogP contribution in [-0.2, 0) is 6.42 Å². The molecule has 0 saturated heterocycles. The molecule has 0 bridgehead atoms. The minimum atomic E-state index is 0.210. The number of halogens is 1. The van der Waals surface area contributed by atoms with E-state index in [2.05, 4.69) is 26.1 Å². The van der Waals surface area contributed by atoms with Gasteiger partial charge in [0.25, 0.3) is 5.89 Å². The number of nitrogens with zero attached hydrogens (tertiary/aromatic N) is 2. The molecule has 0 radical (unpaired) electrons. The summed E-state index contributed by atoms with van der Waals surface area (Å²) in [5.41, 5.74) is 1.89. The Kier molecular flexibility index (Phi) is 3.52. The van der Waals surface area contributed by atoms with Gasteiger partial charge in [-0.15, -0.1) is 0 Å². The summed E-state index contributed by atoms with van der Waals surface area (Å²) in [6.45, 7) is 0. The normalized spacial score (nSPS) is 10.7. The lowest BCUT2D eigenvalue weighted by atomic mass is 10.1. The molecule has 0 saturated carbocycles. The largest absolute Gasteiger partial charge is 0.508 e. The number of aromatic nitrogens is 2. The standard InChI is InChI=1S/C15H11BrN2O2/c16-13-4-2-1-3-11(13)9-14-17-15(20-18-14)10-5-7-12(19)8-6-10/h1-8,19H,9H2. The minimum absolute atomic E-state index is 0.210. The number of rotatable bonds is 3. The van der Waals surface area contributed by atoms with Crippen LogP contribution in [0, 0.1) is 0 Å². The monoisotopic (exact) mass is 330 g/mol. The van der Waals surface area contributed by atoms with E-state index in [9.17, 15) is 5.11 Å². The van der Waals surface area contributed by atoms with Crippen molar-refractivity contribution in [2.75, 3.05) is 0 Å². The second-order valence-corrected chi connectivity index (χ2v) is 5.19. The van der Waals surface area contributed by atoms with Gasteiger partial charge in [-0.25, -0.2) is 0 Å². The highest BCUT2D eigenvalue weighted by Crippen LogP contribution is 2.22. The first-order valence-corrected chi connectivity index (χ1v) is 6.87. The first-order chi connectivity index (χ1) is 9.72. The third kappa shape index (κ3) is 2.72. The molecule has 0 aliphatic carbocycles. The molecule has 0 unspecified atom stereocenters. The Morgan fingerprint density at radius 1 is 1.05 bits per heavy atom. The molecule has 2 aromatic carbocycles. The SMILES string of the molecule is Oc1ccc(-c2nc(Cc3ccccc3Br)no2)cc1. The summed E-state index contributed by atoms with van der Waals surface area (Å²) in [5, 5.41) is 13.2. The maximum absolute atomic E-state index is 9.26. The summed E-state index contributed by atoms with van der Waals surface area (Å²) in [4.78, 5) is 4.37. The average Bonchev–Trinajstić information content (AvgIpc) is 2.91. The van der Waals surface area contributed by atoms with Crippen LogP contribution in [0.3, 0.4) is 0 Å². The van der Waals surface area contributed by atoms with Crippen molar-refractivity contribution in [2.45, 2.75) is 6.42 Å². The maximum atomic E-state index is 9.26. The van der Waals surface area contributed by atoms with E-state index in [1.165, 1.54) is 0 Å². The van der Waals surface area contributed by atoms with Gasteiger partial charge < -0.3 is 9.63 Å². The van der Waals surface area contributed by atoms with Crippen molar-refractivity contribution in [3.8, 4) is 17.2 Å². The highest BCUT2D eigenvalue weighted by Gasteiger charge is 2.10. The number of aromatic hydroxyl groups is 1. The van der Waals surface area contributed by atoms with Gasteiger partial charge in [-0.2, -0.15) is 4.98 Å². The molecule has 20 heavy (non-hydrogen) atoms. The lowest BCUT2D eigenvalue weighted by Gasteiger charge is -1.99. The zero-order valence-electron chi connectivity index (χ0n) is 10.5. The van der Waals surface area contributed by atoms with E-state index in [4.69, 9.17) is 4.52 Å². The summed E-state index contributed by atoms with van der Waals surface area (Å²) in [5.74, 6) is 1.29. The van der Waals surface area contributed by atoms with Crippen LogP contribution < -0.4 is 0 Å². The Morgan fingerprint density at radius 3 is 2.55 bits per heavy atom. The Morgan fingerprint density at radius 2 is 1.80 bits per heavy atom. The average molecular weight is 331 g/mol. The predicted octanol–water partition coefficient (Wildman–Crippen LogP) is 3.80. The number of phenolic OH excluding ortho intramolecular Hbond substituents is 1. The summed E-state index contributed by atoms with van der Waals surface area (Å²) in [6, 6.07) is 14.6. The van der Waals surface area contributed by atoms with E-state index < -0.39 is 0 Å². The van der Waals surface area contributed by atoms with Gasteiger partial charge in [0, 0.05) is 16.5 Å². The Bertz CT molecular complexity index is 723. The Balaban J connectivity index is 1.84. The molecular weight excluding hydrogens is 320 g/mol. The van der Waals surface area contributed by atoms with Crippen molar-refractivity contribution in [3.63, 3.8) is 0 Å². The van der Waals surface area contributed by atoms with Gasteiger partial charge in [0.1, 0.15) is 5.75 Å². The molecule has 0 atom stereocenters. The van der Waals surface area contributed by atoms with Gasteiger partial charge in [-0.05, 0) is 35.9 Å². The van der Waals surface area contributed by atoms with Gasteiger partial charge in [-0.1, -0.05) is 39.3 Å². The highest BCUT2D eigenvalue weighted by molar-refractivity contribution is 9.10. The van der Waals surface area contributed by atoms with Crippen molar-refractivity contribution in [3.05, 3.63) is 64.4 Å². The fraction of sp³-hybridized carbons (Fsp3) is 0.0667. The lowest BCUT2D eigenvalue weighted by Crippen LogP contribution is -1.91. The predicted molar refractivity (Wildman–Crippen MR) is 78.3 cm³/mol. The first kappa shape index (κ1) is 12.9. The maximum Gasteiger partial charge on any atom is 0.257 e. The molecular formula is C15H11BrN2O2. The zero-order valence-corrected chi connectivity index (χ0v) is 12.0. The molecule has 1 aromatic heterocycles. The van der Waals surface area contributed by atoms with Crippen molar-refractivity contribution in [1.29, 1.82) is 0 Å². The molecule has 5 heteroatoms. The van der Waals surface area contributed by atoms with Crippen molar-refractivity contribution in [1.82, 2.24) is 10.1 Å². The van der Waals surface area contributed by atoms with Crippen LogP contribution in [-0.4, -0.2) is 15.2 Å². The Hall–Kier alpha value is -2.14. The van der Waals surface area contributed by atoms with Crippen LogP contribution >= 0.6 is 15.9 Å². The molecule has 4 nitrogen and oxygen atoms in total. The van der Waals surface area contributed by atoms with Crippen LogP contribution in [0.25, 0.3) is 11.5 Å². The first-order valence-electron chi connectivity index (χ1n) is 6.08. The lowest BCUT2D eigenvalue weighted by molar-refractivity contribution is 0.423. The Labute approximate surface area is 124 Å². The molecule has 0 aliphatic rings. The molecule has 0 amide bonds. The van der Waals surface area contributed by atoms with Gasteiger partial charge in [0.2, 0.25) is 0 Å². The second kappa shape index (κ2) is 5.46. The van der Waals surface area contributed by atoms with E-state index in [1.54, 1.807) is 24.3 Å². The summed E-state index contributed by atoms with van der Waals surface area (Å²) in [6.07, 6.45) is 0.600. The number of hydrogen-bond acceptors (Lipinski definition) is 4. The zero-order chi connectivity index (χ0) is 13.9. The summed E-state index contributed by atoms with van der Waals surface area (Å²) in [7, 11) is 0. The van der Waals surface area contributed by atoms with Gasteiger partial charge in [-0.3, -0.25) is 0 Å². The van der Waals surface area contributed by atoms with Crippen LogP contribution in [0.2, 0.25) is 0 Å². The van der Waals surface area contributed by atoms with Crippen LogP contribution in [0.1, 0.15) is 11.4 Å². The van der Waals surface area contributed by atoms with Crippen LogP contribution in [0.4, 0.5) is 0 Å². The van der Waals surface area contributed by atoms with E-state index in [0.717, 1.165) is 15.6 Å². The van der Waals surface area contributed by atoms with Gasteiger partial charge in [0.05, 0.1) is 0 Å². The van der Waals surface area contributed by atoms with E-state index in [1.807, 2.05) is 24.3 Å². The van der Waals surface area contributed by atoms with Crippen molar-refractivity contribution in [2.24, 2.45) is 0 Å². The summed E-state index contributed by atoms with van der Waals surface area (Å²) < 4.78 is 6.27. The fourth-order valence-corrected chi connectivity index (χ4v) is 2.28. The van der Waals surface area contributed by atoms with Crippen molar-refractivity contribution >= 4 is 15.9 Å². The quantitative estimate of drug-likeness (QED) is 0.793. The number of hydrogen-bond donors (Lipinski definition) is 1. The summed E-state index contributed by atoms with van der Waals surface area (Å²) >= 11 is 3.50. The van der Waals surface area contributed by atoms with E-state index >= 15 is 0 Å². The number of phenols is 1. The van der Waals surface area contributed by atoms with E-state index in [-0.39, 0.29) is 5.75 Å². The van der Waals surface area contributed by atoms with Gasteiger partial charge in [0.15, 0.2) is 5.82 Å². The molecule has 100 valence electrons. The molecule has 0 aliphatic heterocycles. The minimum Gasteiger partial charge on any atom is -0.508 e. The smallest absolute Gasteiger partial charge is 0.257 e. The molecule has 3 rings (SSSR count). The molecule has 0 spiro atoms. The molecule has 3 aromatic rings. The van der Waals surface area contributed by atoms with Crippen LogP contribution in [0.15, 0.2) is 57.5 Å². The van der Waals surface area contributed by atoms with E-state index in [0.29, 0.717) is 18.1 Å². The molecule has 1 heterocycles. The molecule has 1 N–H and O–H groups in total.